The number of fused-ring (bicyclic) bond motifs is 3. The number of aromatic nitrogens is 2. The first-order valence-electron chi connectivity index (χ1n) is 20.6. The van der Waals surface area contributed by atoms with Gasteiger partial charge in [0.1, 0.15) is 5.58 Å². The van der Waals surface area contributed by atoms with Gasteiger partial charge in [-0.25, -0.2) is 0 Å². The molecule has 0 saturated heterocycles. The van der Waals surface area contributed by atoms with Crippen LogP contribution in [-0.4, -0.2) is 18.0 Å². The van der Waals surface area contributed by atoms with E-state index >= 15 is 0 Å². The summed E-state index contributed by atoms with van der Waals surface area (Å²) >= 11 is 0. The van der Waals surface area contributed by atoms with Crippen LogP contribution in [0.25, 0.3) is 66.7 Å². The molecule has 56 heavy (non-hydrogen) atoms. The third-order valence-electron chi connectivity index (χ3n) is 10.2. The van der Waals surface area contributed by atoms with E-state index in [4.69, 9.17) is 13.5 Å². The molecule has 0 atom stereocenters. The molecule has 8 aromatic rings. The van der Waals surface area contributed by atoms with Crippen molar-refractivity contribution in [3.63, 3.8) is 0 Å². The standard InChI is InChI=1S/C27H22NO.C24H28NSi.Ir/c1-17(2)19-12-13-28-25(15-19)24-9-5-8-23-22-11-10-21(16-26(22)29-27(23)24)20-7-4-6-18(3)14-20;1-17(2)21-15-23(25-16-24(21)26(4,5)6)20-13-12-18(3)22(14-20)19-10-8-7-9-11-19;/h4-8,10-17H,1-3H3;7-12,14-17H,1-6H3;/q2*-1;/i3D3;;. The van der Waals surface area contributed by atoms with Crippen molar-refractivity contribution in [3.05, 3.63) is 162 Å². The van der Waals surface area contributed by atoms with E-state index in [0.29, 0.717) is 17.4 Å². The molecule has 1 radical (unpaired) electrons. The van der Waals surface area contributed by atoms with E-state index in [1.54, 1.807) is 18.2 Å². The van der Waals surface area contributed by atoms with Crippen LogP contribution in [0.2, 0.25) is 19.6 Å². The molecule has 0 bridgehead atoms. The molecule has 0 spiro atoms. The quantitative estimate of drug-likeness (QED) is 0.118. The molecule has 0 fully saturated rings. The van der Waals surface area contributed by atoms with Gasteiger partial charge in [0.05, 0.1) is 13.7 Å². The van der Waals surface area contributed by atoms with Gasteiger partial charge in [-0.1, -0.05) is 166 Å². The van der Waals surface area contributed by atoms with E-state index in [1.165, 1.54) is 33.0 Å². The maximum atomic E-state index is 7.69. The molecule has 3 nitrogen and oxygen atoms in total. The molecule has 3 aromatic heterocycles. The fourth-order valence-corrected chi connectivity index (χ4v) is 8.79. The van der Waals surface area contributed by atoms with Crippen molar-refractivity contribution >= 4 is 35.2 Å². The minimum absolute atomic E-state index is 0. The molecule has 8 rings (SSSR count). The van der Waals surface area contributed by atoms with Crippen molar-refractivity contribution in [1.29, 1.82) is 0 Å². The van der Waals surface area contributed by atoms with Crippen molar-refractivity contribution in [2.24, 2.45) is 0 Å². The van der Waals surface area contributed by atoms with E-state index in [1.807, 2.05) is 48.7 Å². The molecular weight excluding hydrogens is 877 g/mol. The third-order valence-corrected chi connectivity index (χ3v) is 12.3. The number of hydrogen-bond acceptors (Lipinski definition) is 3. The molecule has 285 valence electrons. The van der Waals surface area contributed by atoms with Gasteiger partial charge in [-0.2, -0.15) is 0 Å². The van der Waals surface area contributed by atoms with Crippen molar-refractivity contribution in [2.75, 3.05) is 0 Å². The Morgan fingerprint density at radius 2 is 1.48 bits per heavy atom. The molecule has 3 heterocycles. The van der Waals surface area contributed by atoms with Crippen LogP contribution >= 0.6 is 0 Å². The molecule has 5 heteroatoms. The average Bonchev–Trinajstić information content (AvgIpc) is 3.59. The normalized spacial score (nSPS) is 12.5. The Bertz CT molecular complexity index is 2730. The van der Waals surface area contributed by atoms with E-state index in [9.17, 15) is 0 Å². The van der Waals surface area contributed by atoms with E-state index in [2.05, 4.69) is 132 Å². The zero-order valence-electron chi connectivity index (χ0n) is 36.4. The Morgan fingerprint density at radius 3 is 2.21 bits per heavy atom. The van der Waals surface area contributed by atoms with Gasteiger partial charge in [0.15, 0.2) is 0 Å². The van der Waals surface area contributed by atoms with E-state index < -0.39 is 14.9 Å². The molecule has 0 amide bonds. The number of furan rings is 1. The van der Waals surface area contributed by atoms with Crippen molar-refractivity contribution < 1.29 is 28.6 Å². The number of hydrogen-bond donors (Lipinski definition) is 0. The summed E-state index contributed by atoms with van der Waals surface area (Å²) in [6.45, 7) is 16.0. The van der Waals surface area contributed by atoms with Crippen LogP contribution in [0, 0.1) is 25.9 Å². The van der Waals surface area contributed by atoms with Gasteiger partial charge >= 0.3 is 0 Å². The summed E-state index contributed by atoms with van der Waals surface area (Å²) in [5.41, 5.74) is 13.7. The monoisotopic (exact) mass is 930 g/mol. The summed E-state index contributed by atoms with van der Waals surface area (Å²) in [6, 6.07) is 45.0. The van der Waals surface area contributed by atoms with Crippen LogP contribution in [0.5, 0.6) is 0 Å². The fraction of sp³-hybridized carbons (Fsp3) is 0.216. The minimum Gasteiger partial charge on any atom is -0.501 e. The molecular formula is C51H50IrN2OSi-2. The first-order valence-corrected chi connectivity index (χ1v) is 22.6. The summed E-state index contributed by atoms with van der Waals surface area (Å²) in [4.78, 5) is 9.39. The predicted octanol–water partition coefficient (Wildman–Crippen LogP) is 13.7. The fourth-order valence-electron chi connectivity index (χ4n) is 7.12. The number of pyridine rings is 2. The summed E-state index contributed by atoms with van der Waals surface area (Å²) in [5.74, 6) is 0.900. The zero-order chi connectivity index (χ0) is 41.4. The second kappa shape index (κ2) is 17.1. The molecule has 0 N–H and O–H groups in total. The van der Waals surface area contributed by atoms with Crippen molar-refractivity contribution in [2.45, 2.75) is 72.9 Å². The second-order valence-corrected chi connectivity index (χ2v) is 21.0. The zero-order valence-corrected chi connectivity index (χ0v) is 36.8. The SMILES string of the molecule is Cc1c[c-]c(-c2cc(C(C)C)c([Si](C)(C)C)cn2)cc1-c1ccccc1.[2H]C([2H])([2H])c1cccc(-c2ccc3c(c2)oc2c(-c4cc(C(C)C)ccn4)[c-]ccc23)c1.[Ir]. The smallest absolute Gasteiger partial charge is 0.121 e. The first kappa shape index (κ1) is 36.7. The van der Waals surface area contributed by atoms with Crippen LogP contribution in [-0.2, 0) is 20.1 Å². The van der Waals surface area contributed by atoms with Crippen LogP contribution in [0.1, 0.15) is 65.9 Å². The van der Waals surface area contributed by atoms with E-state index in [0.717, 1.165) is 55.6 Å². The van der Waals surface area contributed by atoms with Crippen molar-refractivity contribution in [3.8, 4) is 44.8 Å². The minimum atomic E-state index is -2.14. The average molecular weight is 930 g/mol. The number of nitrogens with zero attached hydrogens (tertiary/aromatic N) is 2. The van der Waals surface area contributed by atoms with E-state index in [-0.39, 0.29) is 20.1 Å². The maximum Gasteiger partial charge on any atom is 0.121 e. The number of rotatable bonds is 7. The van der Waals surface area contributed by atoms with Gasteiger partial charge in [0.2, 0.25) is 0 Å². The van der Waals surface area contributed by atoms with Crippen LogP contribution < -0.4 is 5.19 Å². The first-order chi connectivity index (χ1) is 27.6. The summed E-state index contributed by atoms with van der Waals surface area (Å²) in [6.07, 6.45) is 3.95. The summed E-state index contributed by atoms with van der Waals surface area (Å²) < 4.78 is 29.4. The largest absolute Gasteiger partial charge is 0.501 e. The molecule has 0 unspecified atom stereocenters. The molecule has 5 aromatic carbocycles. The van der Waals surface area contributed by atoms with Crippen molar-refractivity contribution in [1.82, 2.24) is 9.97 Å². The molecule has 0 aliphatic carbocycles. The van der Waals surface area contributed by atoms with Gasteiger partial charge in [0.25, 0.3) is 0 Å². The number of benzene rings is 5. The van der Waals surface area contributed by atoms with Crippen LogP contribution in [0.4, 0.5) is 0 Å². The third kappa shape index (κ3) is 8.71. The van der Waals surface area contributed by atoms with Gasteiger partial charge in [-0.3, -0.25) is 0 Å². The maximum absolute atomic E-state index is 7.69. The Hall–Kier alpha value is -4.93. The molecule has 0 saturated carbocycles. The van der Waals surface area contributed by atoms with Gasteiger partial charge in [0, 0.05) is 42.0 Å². The van der Waals surface area contributed by atoms with Crippen LogP contribution in [0.15, 0.2) is 132 Å². The molecule has 0 aliphatic rings. The summed E-state index contributed by atoms with van der Waals surface area (Å²) in [5, 5.41) is 3.48. The Morgan fingerprint density at radius 1 is 0.714 bits per heavy atom. The van der Waals surface area contributed by atoms with Gasteiger partial charge in [-0.15, -0.1) is 47.5 Å². The van der Waals surface area contributed by atoms with Gasteiger partial charge in [-0.05, 0) is 64.1 Å². The topological polar surface area (TPSA) is 38.9 Å². The molecule has 0 aliphatic heterocycles. The Balaban J connectivity index is 0.000000199. The summed E-state index contributed by atoms with van der Waals surface area (Å²) in [7, 11) is -1.41. The predicted molar refractivity (Wildman–Crippen MR) is 236 cm³/mol. The Labute approximate surface area is 351 Å². The second-order valence-electron chi connectivity index (χ2n) is 16.0. The Kier molecular flexibility index (Phi) is 11.2. The number of aryl methyl sites for hydroxylation is 2. The van der Waals surface area contributed by atoms with Crippen LogP contribution in [0.3, 0.4) is 0 Å². The van der Waals surface area contributed by atoms with Gasteiger partial charge < -0.3 is 14.4 Å².